The minimum atomic E-state index is -4.55. The number of rotatable bonds is 4. The fourth-order valence-electron chi connectivity index (χ4n) is 2.67. The molecule has 10 heteroatoms. The van der Waals surface area contributed by atoms with Crippen molar-refractivity contribution in [1.29, 1.82) is 5.26 Å². The van der Waals surface area contributed by atoms with E-state index >= 15 is 0 Å². The van der Waals surface area contributed by atoms with E-state index in [-0.39, 0.29) is 18.2 Å². The zero-order valence-electron chi connectivity index (χ0n) is 13.9. The number of nitriles is 1. The molecule has 0 unspecified atom stereocenters. The molecule has 0 aliphatic rings. The molecule has 2 N–H and O–H groups in total. The van der Waals surface area contributed by atoms with Crippen molar-refractivity contribution in [2.45, 2.75) is 12.6 Å². The van der Waals surface area contributed by atoms with E-state index < -0.39 is 11.7 Å². The lowest BCUT2D eigenvalue weighted by atomic mass is 10.1. The van der Waals surface area contributed by atoms with Crippen LogP contribution in [0.4, 0.5) is 30.6 Å². The highest BCUT2D eigenvalue weighted by atomic mass is 19.4. The number of hydrogen-bond acceptors (Lipinski definition) is 6. The number of benzene rings is 1. The van der Waals surface area contributed by atoms with Gasteiger partial charge in [-0.05, 0) is 11.6 Å². The number of halogens is 3. The average molecular weight is 361 g/mol. The molecule has 26 heavy (non-hydrogen) atoms. The Kier molecular flexibility index (Phi) is 4.38. The largest absolute Gasteiger partial charge is 0.421 e. The number of aryl methyl sites for hydroxylation is 1. The molecule has 1 aromatic carbocycles. The molecule has 0 saturated heterocycles. The van der Waals surface area contributed by atoms with E-state index in [4.69, 9.17) is 5.26 Å². The summed E-state index contributed by atoms with van der Waals surface area (Å²) < 4.78 is 40.5. The van der Waals surface area contributed by atoms with Crippen molar-refractivity contribution >= 4 is 28.4 Å². The maximum atomic E-state index is 12.9. The molecule has 0 radical (unpaired) electrons. The van der Waals surface area contributed by atoms with Crippen LogP contribution < -0.4 is 10.6 Å². The third-order valence-corrected chi connectivity index (χ3v) is 3.83. The van der Waals surface area contributed by atoms with Gasteiger partial charge in [0.15, 0.2) is 0 Å². The summed E-state index contributed by atoms with van der Waals surface area (Å²) >= 11 is 0. The van der Waals surface area contributed by atoms with Gasteiger partial charge in [0.2, 0.25) is 5.95 Å². The molecule has 3 rings (SSSR count). The van der Waals surface area contributed by atoms with E-state index in [2.05, 4.69) is 31.8 Å². The standard InChI is InChI=1S/C16H14F3N7/c1-21-14-11(16(17,18)19)8-22-15(25-14)24-12-4-3-9(5-6-20)13-10(12)7-23-26(13)2/h3-4,7-8H,5H2,1-2H3,(H2,21,22,24,25). The Bertz CT molecular complexity index is 1000. The molecule has 0 aliphatic carbocycles. The number of nitrogens with zero attached hydrogens (tertiary/aromatic N) is 5. The highest BCUT2D eigenvalue weighted by Gasteiger charge is 2.35. The number of alkyl halides is 3. The molecule has 0 atom stereocenters. The van der Waals surface area contributed by atoms with Gasteiger partial charge in [-0.15, -0.1) is 0 Å². The summed E-state index contributed by atoms with van der Waals surface area (Å²) in [5.74, 6) is -0.306. The Morgan fingerprint density at radius 2 is 2.04 bits per heavy atom. The van der Waals surface area contributed by atoms with Gasteiger partial charge < -0.3 is 10.6 Å². The molecule has 0 bridgehead atoms. The van der Waals surface area contributed by atoms with Crippen LogP contribution in [0.1, 0.15) is 11.1 Å². The highest BCUT2D eigenvalue weighted by molar-refractivity contribution is 5.95. The lowest BCUT2D eigenvalue weighted by Crippen LogP contribution is -2.12. The first kappa shape index (κ1) is 17.5. The first-order valence-electron chi connectivity index (χ1n) is 7.54. The zero-order valence-corrected chi connectivity index (χ0v) is 13.9. The van der Waals surface area contributed by atoms with Gasteiger partial charge in [-0.25, -0.2) is 4.98 Å². The normalized spacial score (nSPS) is 11.4. The molecule has 134 valence electrons. The smallest absolute Gasteiger partial charge is 0.372 e. The average Bonchev–Trinajstić information content (AvgIpc) is 2.98. The Morgan fingerprint density at radius 3 is 2.69 bits per heavy atom. The van der Waals surface area contributed by atoms with Gasteiger partial charge in [-0.3, -0.25) is 4.68 Å². The van der Waals surface area contributed by atoms with E-state index in [0.717, 1.165) is 22.7 Å². The first-order chi connectivity index (χ1) is 12.3. The summed E-state index contributed by atoms with van der Waals surface area (Å²) in [6.07, 6.45) is -1.99. The molecule has 0 amide bonds. The van der Waals surface area contributed by atoms with Gasteiger partial charge in [0.1, 0.15) is 11.4 Å². The second kappa shape index (κ2) is 6.51. The lowest BCUT2D eigenvalue weighted by molar-refractivity contribution is -0.137. The van der Waals surface area contributed by atoms with Gasteiger partial charge in [0.05, 0.1) is 29.9 Å². The van der Waals surface area contributed by atoms with Crippen LogP contribution in [0, 0.1) is 11.3 Å². The van der Waals surface area contributed by atoms with Crippen molar-refractivity contribution < 1.29 is 13.2 Å². The maximum absolute atomic E-state index is 12.9. The number of aromatic nitrogens is 4. The van der Waals surface area contributed by atoms with Gasteiger partial charge in [0.25, 0.3) is 0 Å². The Labute approximate surface area is 146 Å². The van der Waals surface area contributed by atoms with Crippen LogP contribution in [0.5, 0.6) is 0 Å². The Hall–Kier alpha value is -3.35. The summed E-state index contributed by atoms with van der Waals surface area (Å²) in [6.45, 7) is 0. The summed E-state index contributed by atoms with van der Waals surface area (Å²) in [7, 11) is 3.11. The highest BCUT2D eigenvalue weighted by Crippen LogP contribution is 2.34. The zero-order chi connectivity index (χ0) is 18.9. The van der Waals surface area contributed by atoms with Crippen molar-refractivity contribution in [2.24, 2.45) is 7.05 Å². The molecule has 2 aromatic heterocycles. The van der Waals surface area contributed by atoms with Crippen LogP contribution in [-0.4, -0.2) is 26.8 Å². The van der Waals surface area contributed by atoms with Crippen LogP contribution in [0.25, 0.3) is 10.9 Å². The fourth-order valence-corrected chi connectivity index (χ4v) is 2.67. The molecule has 0 fully saturated rings. The monoisotopic (exact) mass is 361 g/mol. The molecule has 2 heterocycles. The molecule has 0 spiro atoms. The van der Waals surface area contributed by atoms with Crippen LogP contribution in [0.15, 0.2) is 24.5 Å². The van der Waals surface area contributed by atoms with Gasteiger partial charge >= 0.3 is 6.18 Å². The van der Waals surface area contributed by atoms with Crippen molar-refractivity contribution in [2.75, 3.05) is 17.7 Å². The molecule has 0 saturated carbocycles. The summed E-state index contributed by atoms with van der Waals surface area (Å²) in [5.41, 5.74) is 1.20. The third kappa shape index (κ3) is 3.11. The minimum absolute atomic E-state index is 0.0144. The predicted molar refractivity (Wildman–Crippen MR) is 89.9 cm³/mol. The van der Waals surface area contributed by atoms with Crippen LogP contribution in [0.2, 0.25) is 0 Å². The quantitative estimate of drug-likeness (QED) is 0.741. The maximum Gasteiger partial charge on any atom is 0.421 e. The van der Waals surface area contributed by atoms with Crippen molar-refractivity contribution in [3.05, 3.63) is 35.7 Å². The summed E-state index contributed by atoms with van der Waals surface area (Å²) in [6, 6.07) is 5.58. The molecular formula is C16H14F3N7. The van der Waals surface area contributed by atoms with E-state index in [1.807, 2.05) is 0 Å². The fraction of sp³-hybridized carbons (Fsp3) is 0.250. The van der Waals surface area contributed by atoms with E-state index in [1.165, 1.54) is 7.05 Å². The Morgan fingerprint density at radius 1 is 1.27 bits per heavy atom. The van der Waals surface area contributed by atoms with E-state index in [9.17, 15) is 13.2 Å². The van der Waals surface area contributed by atoms with Crippen molar-refractivity contribution in [3.63, 3.8) is 0 Å². The van der Waals surface area contributed by atoms with E-state index in [0.29, 0.717) is 5.69 Å². The van der Waals surface area contributed by atoms with Gasteiger partial charge in [0, 0.05) is 25.7 Å². The van der Waals surface area contributed by atoms with Crippen molar-refractivity contribution in [1.82, 2.24) is 19.7 Å². The summed E-state index contributed by atoms with van der Waals surface area (Å²) in [4.78, 5) is 7.65. The lowest BCUT2D eigenvalue weighted by Gasteiger charge is -2.13. The molecule has 3 aromatic rings. The summed E-state index contributed by atoms with van der Waals surface area (Å²) in [5, 5.41) is 19.2. The van der Waals surface area contributed by atoms with Gasteiger partial charge in [-0.1, -0.05) is 6.07 Å². The second-order valence-corrected chi connectivity index (χ2v) is 5.47. The molecular weight excluding hydrogens is 347 g/mol. The number of hydrogen-bond donors (Lipinski definition) is 2. The second-order valence-electron chi connectivity index (χ2n) is 5.47. The third-order valence-electron chi connectivity index (χ3n) is 3.83. The van der Waals surface area contributed by atoms with Crippen LogP contribution >= 0.6 is 0 Å². The topological polar surface area (TPSA) is 91.5 Å². The number of nitrogens with one attached hydrogen (secondary N) is 2. The number of fused-ring (bicyclic) bond motifs is 1. The molecule has 0 aliphatic heterocycles. The Balaban J connectivity index is 2.02. The van der Waals surface area contributed by atoms with Gasteiger partial charge in [-0.2, -0.15) is 28.5 Å². The SMILES string of the molecule is CNc1nc(Nc2ccc(CC#N)c3c2cnn3C)ncc1C(F)(F)F. The van der Waals surface area contributed by atoms with Crippen LogP contribution in [0.3, 0.4) is 0 Å². The van der Waals surface area contributed by atoms with Crippen LogP contribution in [-0.2, 0) is 19.6 Å². The number of anilines is 3. The minimum Gasteiger partial charge on any atom is -0.372 e. The van der Waals surface area contributed by atoms with E-state index in [1.54, 1.807) is 30.1 Å². The predicted octanol–water partition coefficient (Wildman–Crippen LogP) is 3.23. The van der Waals surface area contributed by atoms with Crippen molar-refractivity contribution in [3.8, 4) is 6.07 Å². The first-order valence-corrected chi connectivity index (χ1v) is 7.54. The molecule has 7 nitrogen and oxygen atoms in total.